The number of amides is 1. The lowest BCUT2D eigenvalue weighted by Gasteiger charge is -2.36. The van der Waals surface area contributed by atoms with Crippen LogP contribution in [0.1, 0.15) is 41.2 Å². The first-order valence-electron chi connectivity index (χ1n) is 8.64. The van der Waals surface area contributed by atoms with Gasteiger partial charge in [0.25, 0.3) is 5.91 Å². The minimum atomic E-state index is -0.262. The van der Waals surface area contributed by atoms with Crippen LogP contribution >= 0.6 is 0 Å². The zero-order chi connectivity index (χ0) is 17.2. The molecule has 1 atom stereocenters. The normalized spacial score (nSPS) is 17.6. The van der Waals surface area contributed by atoms with Crippen LogP contribution in [0.25, 0.3) is 10.9 Å². The van der Waals surface area contributed by atoms with Gasteiger partial charge in [0, 0.05) is 18.1 Å². The number of para-hydroxylation sites is 1. The molecule has 3 aromatic rings. The van der Waals surface area contributed by atoms with Gasteiger partial charge in [-0.3, -0.25) is 9.78 Å². The van der Waals surface area contributed by atoms with Gasteiger partial charge in [-0.15, -0.1) is 0 Å². The third-order valence-electron chi connectivity index (χ3n) is 4.86. The first-order chi connectivity index (χ1) is 12.2. The lowest BCUT2D eigenvalue weighted by Crippen LogP contribution is -2.38. The molecule has 2 aromatic carbocycles. The maximum absolute atomic E-state index is 13.7. The van der Waals surface area contributed by atoms with E-state index in [1.54, 1.807) is 12.3 Å². The highest BCUT2D eigenvalue weighted by atomic mass is 19.1. The molecule has 3 nitrogen and oxygen atoms in total. The Kier molecular flexibility index (Phi) is 4.18. The Balaban J connectivity index is 1.74. The van der Waals surface area contributed by atoms with Crippen LogP contribution in [0, 0.1) is 5.82 Å². The highest BCUT2D eigenvalue weighted by molar-refractivity contribution is 6.05. The molecule has 0 N–H and O–H groups in total. The van der Waals surface area contributed by atoms with E-state index in [-0.39, 0.29) is 17.8 Å². The average Bonchev–Trinajstić information content (AvgIpc) is 2.67. The van der Waals surface area contributed by atoms with Gasteiger partial charge >= 0.3 is 0 Å². The van der Waals surface area contributed by atoms with Crippen molar-refractivity contribution in [3.63, 3.8) is 0 Å². The van der Waals surface area contributed by atoms with Gasteiger partial charge in [-0.05, 0) is 49.1 Å². The van der Waals surface area contributed by atoms with E-state index in [0.717, 1.165) is 35.7 Å². The van der Waals surface area contributed by atoms with E-state index >= 15 is 0 Å². The number of nitrogens with zero attached hydrogens (tertiary/aromatic N) is 2. The quantitative estimate of drug-likeness (QED) is 0.678. The van der Waals surface area contributed by atoms with Gasteiger partial charge < -0.3 is 4.90 Å². The van der Waals surface area contributed by atoms with E-state index in [2.05, 4.69) is 4.98 Å². The summed E-state index contributed by atoms with van der Waals surface area (Å²) in [7, 11) is 0. The molecule has 1 aliphatic rings. The number of likely N-dealkylation sites (tertiary alicyclic amines) is 1. The van der Waals surface area contributed by atoms with Crippen molar-refractivity contribution < 1.29 is 9.18 Å². The average molecular weight is 334 g/mol. The summed E-state index contributed by atoms with van der Waals surface area (Å²) in [6.45, 7) is 0.684. The number of hydrogen-bond acceptors (Lipinski definition) is 2. The molecule has 1 aliphatic heterocycles. The largest absolute Gasteiger partial charge is 0.332 e. The third-order valence-corrected chi connectivity index (χ3v) is 4.86. The van der Waals surface area contributed by atoms with Gasteiger partial charge in [-0.2, -0.15) is 0 Å². The smallest absolute Gasteiger partial charge is 0.256 e. The first kappa shape index (κ1) is 15.8. The topological polar surface area (TPSA) is 33.2 Å². The molecule has 1 aromatic heterocycles. The molecule has 25 heavy (non-hydrogen) atoms. The predicted molar refractivity (Wildman–Crippen MR) is 95.8 cm³/mol. The molecule has 0 unspecified atom stereocenters. The number of halogens is 1. The number of piperidine rings is 1. The van der Waals surface area contributed by atoms with E-state index in [9.17, 15) is 9.18 Å². The van der Waals surface area contributed by atoms with Crippen LogP contribution in [-0.4, -0.2) is 22.3 Å². The summed E-state index contributed by atoms with van der Waals surface area (Å²) in [5.41, 5.74) is 2.20. The molecule has 2 heterocycles. The summed E-state index contributed by atoms with van der Waals surface area (Å²) in [4.78, 5) is 19.6. The van der Waals surface area contributed by atoms with E-state index in [4.69, 9.17) is 0 Å². The Labute approximate surface area is 146 Å². The molecule has 0 saturated carbocycles. The summed E-state index contributed by atoms with van der Waals surface area (Å²) in [6.07, 6.45) is 4.57. The maximum Gasteiger partial charge on any atom is 0.256 e. The van der Waals surface area contributed by atoms with Gasteiger partial charge in [0.05, 0.1) is 17.1 Å². The Morgan fingerprint density at radius 3 is 2.80 bits per heavy atom. The molecular formula is C21H19FN2O. The zero-order valence-electron chi connectivity index (χ0n) is 13.9. The van der Waals surface area contributed by atoms with Crippen LogP contribution in [0.5, 0.6) is 0 Å². The molecule has 0 bridgehead atoms. The highest BCUT2D eigenvalue weighted by Crippen LogP contribution is 2.33. The molecule has 0 spiro atoms. The second-order valence-electron chi connectivity index (χ2n) is 6.45. The molecule has 4 rings (SSSR count). The van der Waals surface area contributed by atoms with E-state index in [1.807, 2.05) is 41.3 Å². The number of fused-ring (bicyclic) bond motifs is 1. The van der Waals surface area contributed by atoms with Crippen molar-refractivity contribution >= 4 is 16.8 Å². The number of rotatable bonds is 2. The van der Waals surface area contributed by atoms with Crippen molar-refractivity contribution in [3.8, 4) is 0 Å². The summed E-state index contributed by atoms with van der Waals surface area (Å²) < 4.78 is 13.7. The second kappa shape index (κ2) is 6.63. The summed E-state index contributed by atoms with van der Waals surface area (Å²) >= 11 is 0. The summed E-state index contributed by atoms with van der Waals surface area (Å²) in [5.74, 6) is -0.291. The second-order valence-corrected chi connectivity index (χ2v) is 6.45. The monoisotopic (exact) mass is 334 g/mol. The Hall–Kier alpha value is -2.75. The van der Waals surface area contributed by atoms with Crippen molar-refractivity contribution in [2.75, 3.05) is 6.54 Å². The minimum absolute atomic E-state index is 0.0294. The number of pyridine rings is 1. The van der Waals surface area contributed by atoms with Gasteiger partial charge in [-0.25, -0.2) is 4.39 Å². The van der Waals surface area contributed by atoms with E-state index < -0.39 is 0 Å². The molecule has 126 valence electrons. The Bertz CT molecular complexity index is 919. The zero-order valence-corrected chi connectivity index (χ0v) is 13.9. The predicted octanol–water partition coefficient (Wildman–Crippen LogP) is 4.74. The SMILES string of the molecule is O=C(c1cccc2cccnc12)N1CCCC[C@@H]1c1cccc(F)c1. The summed E-state index contributed by atoms with van der Waals surface area (Å²) in [5, 5.41) is 0.952. The standard InChI is InChI=1S/C21H19FN2O/c22-17-9-3-7-16(14-17)19-11-1-2-13-24(19)21(25)18-10-4-6-15-8-5-12-23-20(15)18/h3-10,12,14,19H,1-2,11,13H2/t19-/m1/s1. The van der Waals surface area contributed by atoms with E-state index in [1.165, 1.54) is 12.1 Å². The van der Waals surface area contributed by atoms with Crippen LogP contribution in [0.15, 0.2) is 60.8 Å². The van der Waals surface area contributed by atoms with Crippen molar-refractivity contribution in [3.05, 3.63) is 77.7 Å². The van der Waals surface area contributed by atoms with Crippen molar-refractivity contribution in [1.29, 1.82) is 0 Å². The van der Waals surface area contributed by atoms with Crippen LogP contribution in [0.2, 0.25) is 0 Å². The number of aromatic nitrogens is 1. The molecule has 4 heteroatoms. The minimum Gasteiger partial charge on any atom is -0.332 e. The van der Waals surface area contributed by atoms with Gasteiger partial charge in [0.2, 0.25) is 0 Å². The van der Waals surface area contributed by atoms with Crippen LogP contribution in [-0.2, 0) is 0 Å². The van der Waals surface area contributed by atoms with Gasteiger partial charge in [0.15, 0.2) is 0 Å². The molecule has 1 saturated heterocycles. The number of benzene rings is 2. The fourth-order valence-corrected chi connectivity index (χ4v) is 3.67. The molecule has 1 fully saturated rings. The Morgan fingerprint density at radius 1 is 1.08 bits per heavy atom. The Morgan fingerprint density at radius 2 is 1.92 bits per heavy atom. The number of carbonyl (C=O) groups excluding carboxylic acids is 1. The van der Waals surface area contributed by atoms with Crippen LogP contribution in [0.3, 0.4) is 0 Å². The van der Waals surface area contributed by atoms with Crippen LogP contribution in [0.4, 0.5) is 4.39 Å². The lowest BCUT2D eigenvalue weighted by atomic mass is 9.94. The molecule has 1 amide bonds. The molecule has 0 aliphatic carbocycles. The van der Waals surface area contributed by atoms with Crippen molar-refractivity contribution in [2.45, 2.75) is 25.3 Å². The van der Waals surface area contributed by atoms with Gasteiger partial charge in [-0.1, -0.05) is 30.3 Å². The molecule has 0 radical (unpaired) electrons. The highest BCUT2D eigenvalue weighted by Gasteiger charge is 2.29. The fraction of sp³-hybridized carbons (Fsp3) is 0.238. The number of carbonyl (C=O) groups is 1. The van der Waals surface area contributed by atoms with Gasteiger partial charge in [0.1, 0.15) is 5.82 Å². The van der Waals surface area contributed by atoms with Crippen molar-refractivity contribution in [1.82, 2.24) is 9.88 Å². The number of hydrogen-bond donors (Lipinski definition) is 0. The third kappa shape index (κ3) is 3.00. The fourth-order valence-electron chi connectivity index (χ4n) is 3.67. The molecular weight excluding hydrogens is 315 g/mol. The summed E-state index contributed by atoms with van der Waals surface area (Å²) in [6, 6.07) is 16.0. The van der Waals surface area contributed by atoms with E-state index in [0.29, 0.717) is 12.1 Å². The van der Waals surface area contributed by atoms with Crippen LogP contribution < -0.4 is 0 Å². The lowest BCUT2D eigenvalue weighted by molar-refractivity contribution is 0.0613. The maximum atomic E-state index is 13.7. The van der Waals surface area contributed by atoms with Crippen molar-refractivity contribution in [2.24, 2.45) is 0 Å². The first-order valence-corrected chi connectivity index (χ1v) is 8.64.